The highest BCUT2D eigenvalue weighted by Crippen LogP contribution is 2.42. The Morgan fingerprint density at radius 3 is 1.57 bits per heavy atom. The molecule has 2 aliphatic carbocycles. The second kappa shape index (κ2) is 15.8. The van der Waals surface area contributed by atoms with Gasteiger partial charge in [0.2, 0.25) is 0 Å². The zero-order valence-corrected chi connectivity index (χ0v) is 27.7. The zero-order chi connectivity index (χ0) is 31.5. The second-order valence-corrected chi connectivity index (χ2v) is 13.6. The minimum absolute atomic E-state index is 0.0422. The fraction of sp³-hybridized carbons (Fsp3) is 0.425. The van der Waals surface area contributed by atoms with Crippen LogP contribution in [0.4, 0.5) is 0 Å². The lowest BCUT2D eigenvalue weighted by Crippen LogP contribution is -2.32. The van der Waals surface area contributed by atoms with Gasteiger partial charge in [0.1, 0.15) is 0 Å². The summed E-state index contributed by atoms with van der Waals surface area (Å²) in [6.07, 6.45) is 34.8. The maximum Gasteiger partial charge on any atom is 0.156 e. The normalized spacial score (nSPS) is 26.4. The molecule has 0 amide bonds. The van der Waals surface area contributed by atoms with Gasteiger partial charge in [-0.25, -0.2) is 0 Å². The molecular formula is C40H54O2. The lowest BCUT2D eigenvalue weighted by molar-refractivity contribution is -0.117. The van der Waals surface area contributed by atoms with Crippen LogP contribution in [-0.4, -0.2) is 17.0 Å². The number of allylic oxidation sites excluding steroid dienone is 21. The van der Waals surface area contributed by atoms with Crippen molar-refractivity contribution >= 4 is 5.78 Å². The van der Waals surface area contributed by atoms with E-state index < -0.39 is 0 Å². The van der Waals surface area contributed by atoms with Crippen molar-refractivity contribution in [3.05, 3.63) is 131 Å². The lowest BCUT2D eigenvalue weighted by Gasteiger charge is -2.38. The quantitative estimate of drug-likeness (QED) is 0.211. The summed E-state index contributed by atoms with van der Waals surface area (Å²) in [6.45, 7) is 21.4. The third-order valence-electron chi connectivity index (χ3n) is 8.24. The van der Waals surface area contributed by atoms with Gasteiger partial charge in [-0.15, -0.1) is 0 Å². The van der Waals surface area contributed by atoms with Crippen LogP contribution in [0.5, 0.6) is 0 Å². The van der Waals surface area contributed by atoms with E-state index in [-0.39, 0.29) is 28.6 Å². The first kappa shape index (κ1) is 35.0. The molecule has 0 radical (unpaired) electrons. The molecule has 0 fully saturated rings. The summed E-state index contributed by atoms with van der Waals surface area (Å²) in [6, 6.07) is 0. The molecule has 2 nitrogen and oxygen atoms in total. The summed E-state index contributed by atoms with van der Waals surface area (Å²) in [5, 5.41) is 10.1. The van der Waals surface area contributed by atoms with Gasteiger partial charge in [-0.3, -0.25) is 4.79 Å². The van der Waals surface area contributed by atoms with Gasteiger partial charge in [0.05, 0.1) is 6.10 Å². The molecule has 0 spiro atoms. The predicted octanol–water partition coefficient (Wildman–Crippen LogP) is 10.5. The molecule has 2 rings (SSSR count). The van der Waals surface area contributed by atoms with E-state index in [1.807, 2.05) is 6.08 Å². The monoisotopic (exact) mass is 566 g/mol. The predicted molar refractivity (Wildman–Crippen MR) is 183 cm³/mol. The van der Waals surface area contributed by atoms with E-state index in [9.17, 15) is 9.90 Å². The van der Waals surface area contributed by atoms with Crippen molar-refractivity contribution in [2.45, 2.75) is 88.2 Å². The fourth-order valence-electron chi connectivity index (χ4n) is 5.98. The zero-order valence-electron chi connectivity index (χ0n) is 27.7. The number of hydrogen-bond acceptors (Lipinski definition) is 2. The smallest absolute Gasteiger partial charge is 0.156 e. The van der Waals surface area contributed by atoms with E-state index in [1.54, 1.807) is 6.08 Å². The molecule has 0 aromatic rings. The standard InChI is InChI=1S/C40H54O2/c1-29(17-13-19-31(3)21-23-37-33(5)25-35(41)27-39(37,7)8)15-11-12-16-30(2)18-14-20-32(4)22-24-38-34(6)26-36(42)28-40(38,9)10/h11-26,35,37-38,41H,27-28H2,1-10H3/b12-11+,17-13+,18-14+,23-21+,24-22+,29-15+,30-16+,31-19+,32-20+. The maximum absolute atomic E-state index is 11.9. The Hall–Kier alpha value is -3.23. The molecule has 0 saturated heterocycles. The highest BCUT2D eigenvalue weighted by molar-refractivity contribution is 5.92. The summed E-state index contributed by atoms with van der Waals surface area (Å²) in [4.78, 5) is 11.9. The summed E-state index contributed by atoms with van der Waals surface area (Å²) < 4.78 is 0. The van der Waals surface area contributed by atoms with Crippen LogP contribution in [0.15, 0.2) is 131 Å². The lowest BCUT2D eigenvalue weighted by atomic mass is 9.67. The average Bonchev–Trinajstić information content (AvgIpc) is 2.84. The number of carbonyl (C=O) groups excluding carboxylic acids is 1. The van der Waals surface area contributed by atoms with Gasteiger partial charge in [-0.1, -0.05) is 152 Å². The minimum Gasteiger partial charge on any atom is -0.389 e. The summed E-state index contributed by atoms with van der Waals surface area (Å²) >= 11 is 0. The van der Waals surface area contributed by atoms with Crippen molar-refractivity contribution in [2.24, 2.45) is 22.7 Å². The Kier molecular flexibility index (Phi) is 13.2. The van der Waals surface area contributed by atoms with Gasteiger partial charge in [0.15, 0.2) is 5.78 Å². The SMILES string of the molecule is CC1=CC(=O)CC(C)(C)C1/C=C/C(C)=C/C=C/C(C)=C/C=C/C=C(C)/C=C/C=C(C)/C=C/C1C(C)=CC(O)CC1(C)C. The third kappa shape index (κ3) is 11.6. The van der Waals surface area contributed by atoms with E-state index in [1.165, 1.54) is 27.9 Å². The summed E-state index contributed by atoms with van der Waals surface area (Å²) in [7, 11) is 0. The van der Waals surface area contributed by atoms with Gasteiger partial charge < -0.3 is 5.11 Å². The Balaban J connectivity index is 1.89. The van der Waals surface area contributed by atoms with E-state index in [0.29, 0.717) is 12.3 Å². The Bertz CT molecular complexity index is 1300. The Morgan fingerprint density at radius 2 is 1.12 bits per heavy atom. The molecule has 0 aliphatic heterocycles. The van der Waals surface area contributed by atoms with Gasteiger partial charge in [0, 0.05) is 18.3 Å². The van der Waals surface area contributed by atoms with Gasteiger partial charge >= 0.3 is 0 Å². The maximum atomic E-state index is 11.9. The molecule has 0 bridgehead atoms. The van der Waals surface area contributed by atoms with Crippen LogP contribution in [-0.2, 0) is 4.79 Å². The van der Waals surface area contributed by atoms with Crippen molar-refractivity contribution in [1.82, 2.24) is 0 Å². The van der Waals surface area contributed by atoms with Crippen molar-refractivity contribution in [2.75, 3.05) is 0 Å². The topological polar surface area (TPSA) is 37.3 Å². The Labute approximate surface area is 256 Å². The number of rotatable bonds is 10. The number of carbonyl (C=O) groups is 1. The van der Waals surface area contributed by atoms with Crippen LogP contribution >= 0.6 is 0 Å². The molecule has 3 unspecified atom stereocenters. The van der Waals surface area contributed by atoms with Crippen molar-refractivity contribution < 1.29 is 9.90 Å². The van der Waals surface area contributed by atoms with Crippen LogP contribution < -0.4 is 0 Å². The van der Waals surface area contributed by atoms with Crippen molar-refractivity contribution in [1.29, 1.82) is 0 Å². The molecule has 0 aromatic carbocycles. The number of aliphatic hydroxyl groups is 1. The molecular weight excluding hydrogens is 512 g/mol. The van der Waals surface area contributed by atoms with Gasteiger partial charge in [-0.2, -0.15) is 0 Å². The molecule has 2 aliphatic rings. The Morgan fingerprint density at radius 1 is 0.690 bits per heavy atom. The molecule has 0 heterocycles. The van der Waals surface area contributed by atoms with Crippen LogP contribution in [0.3, 0.4) is 0 Å². The van der Waals surface area contributed by atoms with E-state index >= 15 is 0 Å². The highest BCUT2D eigenvalue weighted by Gasteiger charge is 2.35. The van der Waals surface area contributed by atoms with E-state index in [4.69, 9.17) is 0 Å². The van der Waals surface area contributed by atoms with Crippen molar-refractivity contribution in [3.8, 4) is 0 Å². The van der Waals surface area contributed by atoms with Gasteiger partial charge in [0.25, 0.3) is 0 Å². The van der Waals surface area contributed by atoms with Crippen LogP contribution in [0.25, 0.3) is 0 Å². The summed E-state index contributed by atoms with van der Waals surface area (Å²) in [5.74, 6) is 0.866. The third-order valence-corrected chi connectivity index (χ3v) is 8.24. The average molecular weight is 567 g/mol. The molecule has 3 atom stereocenters. The molecule has 2 heteroatoms. The summed E-state index contributed by atoms with van der Waals surface area (Å²) in [5.41, 5.74) is 7.16. The number of ketones is 1. The molecule has 0 saturated carbocycles. The molecule has 226 valence electrons. The van der Waals surface area contributed by atoms with Gasteiger partial charge in [-0.05, 0) is 64.9 Å². The van der Waals surface area contributed by atoms with E-state index in [0.717, 1.165) is 12.0 Å². The largest absolute Gasteiger partial charge is 0.389 e. The number of aliphatic hydroxyl groups excluding tert-OH is 1. The van der Waals surface area contributed by atoms with Crippen LogP contribution in [0, 0.1) is 22.7 Å². The van der Waals surface area contributed by atoms with Crippen molar-refractivity contribution in [3.63, 3.8) is 0 Å². The fourth-order valence-corrected chi connectivity index (χ4v) is 5.98. The number of hydrogen-bond donors (Lipinski definition) is 1. The highest BCUT2D eigenvalue weighted by atomic mass is 16.3. The first-order valence-electron chi connectivity index (χ1n) is 15.3. The van der Waals surface area contributed by atoms with E-state index in [2.05, 4.69) is 154 Å². The minimum atomic E-state index is -0.333. The molecule has 0 aromatic heterocycles. The van der Waals surface area contributed by atoms with Crippen LogP contribution in [0.2, 0.25) is 0 Å². The van der Waals surface area contributed by atoms with Crippen LogP contribution in [0.1, 0.15) is 82.1 Å². The molecule has 1 N–H and O–H groups in total. The molecule has 42 heavy (non-hydrogen) atoms. The first-order valence-corrected chi connectivity index (χ1v) is 15.3. The first-order chi connectivity index (χ1) is 19.6. The second-order valence-electron chi connectivity index (χ2n) is 13.6.